The minimum Gasteiger partial charge on any atom is -0.306 e. The van der Waals surface area contributed by atoms with Crippen LogP contribution in [0.1, 0.15) is 11.1 Å². The highest BCUT2D eigenvalue weighted by atomic mass is 79.9. The molecule has 0 aliphatic carbocycles. The molecule has 0 unspecified atom stereocenters. The molecule has 0 atom stereocenters. The summed E-state index contributed by atoms with van der Waals surface area (Å²) in [4.78, 5) is 0. The lowest BCUT2D eigenvalue weighted by Crippen LogP contribution is -1.89. The highest BCUT2D eigenvalue weighted by Gasteiger charge is 2.02. The van der Waals surface area contributed by atoms with Crippen LogP contribution in [0.3, 0.4) is 0 Å². The van der Waals surface area contributed by atoms with Crippen LogP contribution in [0.15, 0.2) is 57.5 Å². The number of hydrogen-bond donors (Lipinski definition) is 0. The first-order valence-electron chi connectivity index (χ1n) is 5.92. The van der Waals surface area contributed by atoms with Gasteiger partial charge >= 0.3 is 8.25 Å². The van der Waals surface area contributed by atoms with Crippen molar-refractivity contribution in [2.24, 2.45) is 0 Å². The summed E-state index contributed by atoms with van der Waals surface area (Å²) < 4.78 is 24.1. The van der Waals surface area contributed by atoms with Crippen LogP contribution in [0.4, 0.5) is 0 Å². The van der Waals surface area contributed by atoms with Crippen molar-refractivity contribution in [2.45, 2.75) is 13.2 Å². The molecule has 0 amide bonds. The second-order valence-electron chi connectivity index (χ2n) is 4.08. The maximum atomic E-state index is 11.6. The molecule has 0 heterocycles. The Bertz CT molecular complexity index is 518. The zero-order chi connectivity index (χ0) is 14.4. The Morgan fingerprint density at radius 1 is 0.750 bits per heavy atom. The highest BCUT2D eigenvalue weighted by Crippen LogP contribution is 2.27. The van der Waals surface area contributed by atoms with Crippen LogP contribution in [0.2, 0.25) is 0 Å². The molecule has 2 rings (SSSR count). The lowest BCUT2D eigenvalue weighted by atomic mass is 10.2. The van der Waals surface area contributed by atoms with Crippen molar-refractivity contribution in [1.29, 1.82) is 0 Å². The fourth-order valence-corrected chi connectivity index (χ4v) is 2.67. The van der Waals surface area contributed by atoms with Crippen molar-refractivity contribution in [1.82, 2.24) is 0 Å². The molecule has 0 aromatic heterocycles. The van der Waals surface area contributed by atoms with Gasteiger partial charge in [0.05, 0.1) is 13.2 Å². The number of hydrogen-bond acceptors (Lipinski definition) is 3. The van der Waals surface area contributed by atoms with E-state index in [0.29, 0.717) is 0 Å². The summed E-state index contributed by atoms with van der Waals surface area (Å²) in [6.45, 7) is 0.566. The fraction of sp³-hybridized carbons (Fsp3) is 0.143. The van der Waals surface area contributed by atoms with E-state index in [4.69, 9.17) is 9.05 Å². The summed E-state index contributed by atoms with van der Waals surface area (Å²) in [7, 11) is -2.48. The molecule has 2 aromatic rings. The van der Waals surface area contributed by atoms with Gasteiger partial charge in [0.15, 0.2) is 0 Å². The maximum Gasteiger partial charge on any atom is 0.319 e. The van der Waals surface area contributed by atoms with Gasteiger partial charge in [-0.3, -0.25) is 4.57 Å². The third-order valence-electron chi connectivity index (χ3n) is 2.54. The zero-order valence-corrected chi connectivity index (χ0v) is 14.7. The average molecular weight is 420 g/mol. The standard InChI is InChI=1S/C14H13Br2O3P/c15-13-5-1-11(2-6-13)9-18-20(17)19-10-12-3-7-14(16)8-4-12/h1-8,20H,9-10H2. The van der Waals surface area contributed by atoms with Crippen LogP contribution in [-0.2, 0) is 26.8 Å². The molecule has 20 heavy (non-hydrogen) atoms. The molecule has 3 nitrogen and oxygen atoms in total. The zero-order valence-electron chi connectivity index (χ0n) is 10.5. The molecule has 0 N–H and O–H groups in total. The number of benzene rings is 2. The van der Waals surface area contributed by atoms with Gasteiger partial charge in [-0.2, -0.15) is 0 Å². The monoisotopic (exact) mass is 418 g/mol. The van der Waals surface area contributed by atoms with E-state index < -0.39 is 8.25 Å². The summed E-state index contributed by atoms with van der Waals surface area (Å²) in [5.74, 6) is 0. The summed E-state index contributed by atoms with van der Waals surface area (Å²) in [6.07, 6.45) is 0. The van der Waals surface area contributed by atoms with E-state index in [1.165, 1.54) is 0 Å². The predicted octanol–water partition coefficient (Wildman–Crippen LogP) is 5.33. The van der Waals surface area contributed by atoms with Crippen LogP contribution >= 0.6 is 40.1 Å². The van der Waals surface area contributed by atoms with E-state index in [1.807, 2.05) is 48.5 Å². The Morgan fingerprint density at radius 2 is 1.10 bits per heavy atom. The molecule has 0 aliphatic heterocycles. The molecule has 0 fully saturated rings. The molecule has 106 valence electrons. The van der Waals surface area contributed by atoms with Crippen LogP contribution in [0, 0.1) is 0 Å². The Hall–Kier alpha value is -0.450. The van der Waals surface area contributed by atoms with Crippen LogP contribution in [0.5, 0.6) is 0 Å². The third-order valence-corrected chi connectivity index (χ3v) is 4.36. The van der Waals surface area contributed by atoms with Crippen LogP contribution < -0.4 is 0 Å². The highest BCUT2D eigenvalue weighted by molar-refractivity contribution is 9.10. The number of halogens is 2. The molecule has 0 bridgehead atoms. The van der Waals surface area contributed by atoms with Crippen molar-refractivity contribution in [3.63, 3.8) is 0 Å². The Balaban J connectivity index is 1.75. The van der Waals surface area contributed by atoms with Crippen molar-refractivity contribution in [2.75, 3.05) is 0 Å². The first kappa shape index (κ1) is 15.9. The maximum absolute atomic E-state index is 11.6. The minimum absolute atomic E-state index is 0.283. The second-order valence-corrected chi connectivity index (χ2v) is 6.99. The van der Waals surface area contributed by atoms with Gasteiger partial charge in [-0.25, -0.2) is 0 Å². The molecule has 0 aliphatic rings. The van der Waals surface area contributed by atoms with Crippen LogP contribution in [-0.4, -0.2) is 0 Å². The molecule has 0 spiro atoms. The molecular weight excluding hydrogens is 407 g/mol. The molecule has 0 saturated carbocycles. The average Bonchev–Trinajstić information content (AvgIpc) is 2.46. The SMILES string of the molecule is O=[PH](OCc1ccc(Br)cc1)OCc1ccc(Br)cc1. The molecule has 0 saturated heterocycles. The van der Waals surface area contributed by atoms with E-state index in [9.17, 15) is 4.57 Å². The van der Waals surface area contributed by atoms with Gasteiger partial charge in [0, 0.05) is 8.95 Å². The van der Waals surface area contributed by atoms with Gasteiger partial charge in [0.25, 0.3) is 0 Å². The van der Waals surface area contributed by atoms with Gasteiger partial charge in [-0.1, -0.05) is 56.1 Å². The van der Waals surface area contributed by atoms with Crippen molar-refractivity contribution in [3.8, 4) is 0 Å². The van der Waals surface area contributed by atoms with Gasteiger partial charge < -0.3 is 9.05 Å². The topological polar surface area (TPSA) is 35.5 Å². The van der Waals surface area contributed by atoms with Crippen molar-refractivity contribution < 1.29 is 13.6 Å². The predicted molar refractivity (Wildman–Crippen MR) is 86.9 cm³/mol. The van der Waals surface area contributed by atoms with Gasteiger partial charge in [-0.15, -0.1) is 0 Å². The van der Waals surface area contributed by atoms with E-state index in [2.05, 4.69) is 31.9 Å². The third kappa shape index (κ3) is 5.51. The van der Waals surface area contributed by atoms with E-state index in [0.717, 1.165) is 20.1 Å². The lowest BCUT2D eigenvalue weighted by molar-refractivity contribution is 0.213. The summed E-state index contributed by atoms with van der Waals surface area (Å²) in [5, 5.41) is 0. The molecule has 6 heteroatoms. The van der Waals surface area contributed by atoms with Crippen LogP contribution in [0.25, 0.3) is 0 Å². The van der Waals surface area contributed by atoms with E-state index >= 15 is 0 Å². The number of rotatable bonds is 6. The smallest absolute Gasteiger partial charge is 0.306 e. The van der Waals surface area contributed by atoms with E-state index in [1.54, 1.807) is 0 Å². The molecule has 0 radical (unpaired) electrons. The summed E-state index contributed by atoms with van der Waals surface area (Å²) in [5.41, 5.74) is 1.91. The largest absolute Gasteiger partial charge is 0.319 e. The van der Waals surface area contributed by atoms with Gasteiger partial charge in [0.1, 0.15) is 0 Å². The van der Waals surface area contributed by atoms with Gasteiger partial charge in [0.2, 0.25) is 0 Å². The Labute approximate surface area is 135 Å². The lowest BCUT2D eigenvalue weighted by Gasteiger charge is -2.06. The van der Waals surface area contributed by atoms with Crippen molar-refractivity contribution in [3.05, 3.63) is 68.6 Å². The quantitative estimate of drug-likeness (QED) is 0.593. The second kappa shape index (κ2) is 8.11. The Morgan fingerprint density at radius 3 is 1.45 bits per heavy atom. The molecule has 2 aromatic carbocycles. The fourth-order valence-electron chi connectivity index (χ4n) is 1.49. The minimum atomic E-state index is -2.48. The van der Waals surface area contributed by atoms with E-state index in [-0.39, 0.29) is 13.2 Å². The first-order chi connectivity index (χ1) is 9.63. The Kier molecular flexibility index (Phi) is 6.46. The normalized spacial score (nSPS) is 10.9. The first-order valence-corrected chi connectivity index (χ1v) is 8.73. The van der Waals surface area contributed by atoms with Crippen molar-refractivity contribution >= 4 is 40.1 Å². The van der Waals surface area contributed by atoms with Gasteiger partial charge in [-0.05, 0) is 35.4 Å². The molecular formula is C14H13Br2O3P. The summed E-state index contributed by atoms with van der Waals surface area (Å²) >= 11 is 6.71. The summed E-state index contributed by atoms with van der Waals surface area (Å²) in [6, 6.07) is 15.3.